The molecule has 0 atom stereocenters. The van der Waals surface area contributed by atoms with E-state index in [2.05, 4.69) is 30.3 Å². The monoisotopic (exact) mass is 753 g/mol. The number of fused-ring (bicyclic) bond motifs is 3. The molecule has 9 rings (SSSR count). The van der Waals surface area contributed by atoms with Gasteiger partial charge in [-0.1, -0.05) is 141 Å². The summed E-state index contributed by atoms with van der Waals surface area (Å²) >= 11 is 1.23. The summed E-state index contributed by atoms with van der Waals surface area (Å²) in [5.41, 5.74) is 7.73. The van der Waals surface area contributed by atoms with Gasteiger partial charge in [-0.15, -0.1) is 33.2 Å². The van der Waals surface area contributed by atoms with Crippen LogP contribution in [0.15, 0.2) is 109 Å². The standard InChI is InChI=1S/C45H18B11N3S/c46-30-25(26-32(48)37(53)33(49)27-28-34(50)38(54)39(55)40(56)42(28)60-41(26)27)31(47)36(52)35(51)29(30)45-58-43(21-10-5-2-6-11-21)57-44(59-45)22-16-14-20(15-17-22)24-13-7-12-23(18-24)19-8-3-1-4-9-19/h1-18H. The van der Waals surface area contributed by atoms with Gasteiger partial charge in [-0.3, -0.25) is 0 Å². The third-order valence-electron chi connectivity index (χ3n) is 10.9. The molecule has 22 radical (unpaired) electrons. The van der Waals surface area contributed by atoms with Crippen LogP contribution in [0.3, 0.4) is 0 Å². The first kappa shape index (κ1) is 39.9. The van der Waals surface area contributed by atoms with Crippen molar-refractivity contribution < 1.29 is 0 Å². The summed E-state index contributed by atoms with van der Waals surface area (Å²) in [6.07, 6.45) is 0. The topological polar surface area (TPSA) is 38.7 Å². The van der Waals surface area contributed by atoms with Gasteiger partial charge in [0.05, 0.1) is 0 Å². The van der Waals surface area contributed by atoms with Crippen molar-refractivity contribution in [1.29, 1.82) is 0 Å². The van der Waals surface area contributed by atoms with E-state index in [1.165, 1.54) is 11.3 Å². The fraction of sp³-hybridized carbons (Fsp3) is 0. The van der Waals surface area contributed by atoms with Crippen LogP contribution < -0.4 is 60.1 Å². The lowest BCUT2D eigenvalue weighted by molar-refractivity contribution is 1.08. The van der Waals surface area contributed by atoms with Crippen LogP contribution in [0.1, 0.15) is 0 Å². The summed E-state index contributed by atoms with van der Waals surface area (Å²) in [5.74, 6) is 0.878. The first-order chi connectivity index (χ1) is 28.8. The molecule has 0 bridgehead atoms. The maximum absolute atomic E-state index is 7.16. The average molecular weight is 752 g/mol. The molecule has 0 aliphatic rings. The van der Waals surface area contributed by atoms with Crippen molar-refractivity contribution in [1.82, 2.24) is 15.0 Å². The Morgan fingerprint density at radius 3 is 1.28 bits per heavy atom. The molecule has 0 saturated carbocycles. The summed E-state index contributed by atoms with van der Waals surface area (Å²) in [7, 11) is 73.2. The third kappa shape index (κ3) is 6.48. The Balaban J connectivity index is 1.25. The molecule has 0 aliphatic heterocycles. The second kappa shape index (κ2) is 15.5. The first-order valence-electron chi connectivity index (χ1n) is 18.6. The maximum atomic E-state index is 7.16. The van der Waals surface area contributed by atoms with Gasteiger partial charge in [-0.05, 0) is 50.2 Å². The molecule has 0 fully saturated rings. The lowest BCUT2D eigenvalue weighted by atomic mass is 9.60. The molecular weight excluding hydrogens is 734 g/mol. The SMILES string of the molecule is [B]c1c([B])c(-c2nc(-c3ccccc3)nc(-c3ccc(-c4cccc(-c5ccccc5)c4)cc3)n2)c([B])c(-c2c([B])c([B])c([B])c3c2sc2c([B])c([B])c([B])c([B])c23)c1[B]. The van der Waals surface area contributed by atoms with Crippen LogP contribution in [-0.4, -0.2) is 101 Å². The van der Waals surface area contributed by atoms with E-state index in [0.717, 1.165) is 33.4 Å². The van der Waals surface area contributed by atoms with Crippen molar-refractivity contribution in [3.63, 3.8) is 0 Å². The smallest absolute Gasteiger partial charge is 0.164 e. The highest BCUT2D eigenvalue weighted by Crippen LogP contribution is 2.36. The summed E-state index contributed by atoms with van der Waals surface area (Å²) < 4.78 is 1.04. The lowest BCUT2D eigenvalue weighted by Crippen LogP contribution is -2.48. The number of benzene rings is 7. The van der Waals surface area contributed by atoms with Crippen molar-refractivity contribution in [3.05, 3.63) is 109 Å². The molecule has 0 aliphatic carbocycles. The van der Waals surface area contributed by atoms with Gasteiger partial charge in [0, 0.05) is 26.1 Å². The molecule has 252 valence electrons. The highest BCUT2D eigenvalue weighted by atomic mass is 32.1. The Morgan fingerprint density at radius 2 is 0.683 bits per heavy atom. The Bertz CT molecular complexity index is 3210. The zero-order valence-corrected chi connectivity index (χ0v) is 32.8. The van der Waals surface area contributed by atoms with E-state index < -0.39 is 0 Å². The molecular formula is C45H18B11N3S. The van der Waals surface area contributed by atoms with Crippen LogP contribution in [-0.2, 0) is 0 Å². The predicted octanol–water partition coefficient (Wildman–Crippen LogP) is -1.03. The van der Waals surface area contributed by atoms with Gasteiger partial charge in [-0.2, -0.15) is 0 Å². The van der Waals surface area contributed by atoms with E-state index in [4.69, 9.17) is 101 Å². The second-order valence-corrected chi connectivity index (χ2v) is 15.4. The van der Waals surface area contributed by atoms with Crippen LogP contribution in [0.5, 0.6) is 0 Å². The Morgan fingerprint density at radius 1 is 0.283 bits per heavy atom. The van der Waals surface area contributed by atoms with Crippen molar-refractivity contribution in [2.24, 2.45) is 0 Å². The van der Waals surface area contributed by atoms with Crippen LogP contribution in [0.4, 0.5) is 0 Å². The number of thiophene rings is 1. The molecule has 7 aromatic carbocycles. The predicted molar refractivity (Wildman–Crippen MR) is 265 cm³/mol. The number of hydrogen-bond acceptors (Lipinski definition) is 4. The van der Waals surface area contributed by atoms with Crippen LogP contribution in [0.2, 0.25) is 0 Å². The highest BCUT2D eigenvalue weighted by Gasteiger charge is 2.26. The van der Waals surface area contributed by atoms with E-state index in [9.17, 15) is 0 Å². The zero-order chi connectivity index (χ0) is 42.1. The minimum Gasteiger partial charge on any atom is -0.208 e. The molecule has 2 aromatic heterocycles. The number of hydrogen-bond donors (Lipinski definition) is 0. The van der Waals surface area contributed by atoms with Crippen molar-refractivity contribution in [2.75, 3.05) is 0 Å². The van der Waals surface area contributed by atoms with Gasteiger partial charge in [-0.25, -0.2) is 15.0 Å². The van der Waals surface area contributed by atoms with E-state index >= 15 is 0 Å². The number of rotatable bonds is 6. The molecule has 0 unspecified atom stereocenters. The first-order valence-corrected chi connectivity index (χ1v) is 19.5. The van der Waals surface area contributed by atoms with Gasteiger partial charge in [0.15, 0.2) is 17.5 Å². The van der Waals surface area contributed by atoms with Crippen LogP contribution in [0, 0.1) is 0 Å². The summed E-state index contributed by atoms with van der Waals surface area (Å²) in [4.78, 5) is 14.8. The van der Waals surface area contributed by atoms with Gasteiger partial charge >= 0.3 is 0 Å². The fourth-order valence-electron chi connectivity index (χ4n) is 7.64. The molecule has 15 heteroatoms. The Labute approximate surface area is 367 Å². The van der Waals surface area contributed by atoms with Crippen molar-refractivity contribution >= 4 is 178 Å². The summed E-state index contributed by atoms with van der Waals surface area (Å²) in [5, 5.41) is 0.919. The second-order valence-electron chi connectivity index (χ2n) is 14.4. The Hall–Kier alpha value is -5.52. The lowest BCUT2D eigenvalue weighted by Gasteiger charge is -2.25. The Kier molecular flexibility index (Phi) is 10.3. The highest BCUT2D eigenvalue weighted by molar-refractivity contribution is 7.28. The fourth-order valence-corrected chi connectivity index (χ4v) is 9.00. The average Bonchev–Trinajstić information content (AvgIpc) is 3.69. The van der Waals surface area contributed by atoms with E-state index in [1.54, 1.807) is 0 Å². The summed E-state index contributed by atoms with van der Waals surface area (Å²) in [6.45, 7) is 0. The molecule has 60 heavy (non-hydrogen) atoms. The van der Waals surface area contributed by atoms with Gasteiger partial charge in [0.25, 0.3) is 0 Å². The largest absolute Gasteiger partial charge is 0.208 e. The molecule has 0 amide bonds. The van der Waals surface area contributed by atoms with Gasteiger partial charge in [0.1, 0.15) is 86.3 Å². The minimum absolute atomic E-state index is 0.0242. The van der Waals surface area contributed by atoms with Gasteiger partial charge < -0.3 is 0 Å². The van der Waals surface area contributed by atoms with Crippen molar-refractivity contribution in [3.8, 4) is 67.5 Å². The number of nitrogens with zero attached hydrogens (tertiary/aromatic N) is 3. The van der Waals surface area contributed by atoms with E-state index in [1.807, 2.05) is 78.9 Å². The molecule has 2 heterocycles. The summed E-state index contributed by atoms with van der Waals surface area (Å²) in [6, 6.07) is 36.1. The molecule has 0 spiro atoms. The molecule has 0 saturated heterocycles. The molecule has 3 nitrogen and oxygen atoms in total. The number of aromatic nitrogens is 3. The molecule has 9 aromatic rings. The van der Waals surface area contributed by atoms with Gasteiger partial charge in [0.2, 0.25) is 0 Å². The molecule has 0 N–H and O–H groups in total. The quantitative estimate of drug-likeness (QED) is 0.205. The van der Waals surface area contributed by atoms with E-state index in [-0.39, 0.29) is 77.0 Å². The van der Waals surface area contributed by atoms with Crippen molar-refractivity contribution in [2.45, 2.75) is 0 Å². The van der Waals surface area contributed by atoms with E-state index in [0.29, 0.717) is 37.4 Å². The normalized spacial score (nSPS) is 11.4. The van der Waals surface area contributed by atoms with Crippen LogP contribution >= 0.6 is 11.3 Å². The zero-order valence-electron chi connectivity index (χ0n) is 32.0. The minimum atomic E-state index is 0.0242. The third-order valence-corrected chi connectivity index (χ3v) is 12.1. The maximum Gasteiger partial charge on any atom is 0.164 e. The van der Waals surface area contributed by atoms with Crippen LogP contribution in [0.25, 0.3) is 87.7 Å².